The quantitative estimate of drug-likeness (QED) is 0.814. The van der Waals surface area contributed by atoms with Crippen LogP contribution in [-0.4, -0.2) is 58.6 Å². The summed E-state index contributed by atoms with van der Waals surface area (Å²) in [5, 5.41) is 8.99. The van der Waals surface area contributed by atoms with Gasteiger partial charge in [0, 0.05) is 30.7 Å². The summed E-state index contributed by atoms with van der Waals surface area (Å²) in [7, 11) is 2.04. The van der Waals surface area contributed by atoms with E-state index in [-0.39, 0.29) is 18.0 Å². The minimum atomic E-state index is -0.705. The average Bonchev–Trinajstić information content (AvgIpc) is 2.22. The van der Waals surface area contributed by atoms with Crippen LogP contribution in [0.15, 0.2) is 0 Å². The number of piperazine rings is 1. The normalized spacial score (nSPS) is 27.9. The van der Waals surface area contributed by atoms with Gasteiger partial charge >= 0.3 is 5.97 Å². The molecule has 0 amide bonds. The zero-order valence-electron chi connectivity index (χ0n) is 11.7. The Bertz CT molecular complexity index is 279. The molecule has 4 nitrogen and oxygen atoms in total. The third-order valence-corrected chi connectivity index (χ3v) is 4.16. The van der Waals surface area contributed by atoms with Gasteiger partial charge in [-0.2, -0.15) is 0 Å². The van der Waals surface area contributed by atoms with Crippen molar-refractivity contribution in [1.29, 1.82) is 0 Å². The first-order valence-electron chi connectivity index (χ1n) is 6.46. The summed E-state index contributed by atoms with van der Waals surface area (Å²) >= 11 is 0. The van der Waals surface area contributed by atoms with Crippen LogP contribution in [0.1, 0.15) is 40.5 Å². The second-order valence-electron chi connectivity index (χ2n) is 5.86. The summed E-state index contributed by atoms with van der Waals surface area (Å²) in [6, 6.07) is 0.643. The number of rotatable bonds is 4. The SMILES string of the molecule is CCC(C)N1CC(CC(=O)O)N(C)C(C)(C)C1. The molecular weight excluding hydrogens is 216 g/mol. The molecule has 0 bridgehead atoms. The molecule has 0 aromatic carbocycles. The Morgan fingerprint density at radius 1 is 1.53 bits per heavy atom. The maximum Gasteiger partial charge on any atom is 0.304 e. The van der Waals surface area contributed by atoms with E-state index in [1.807, 2.05) is 7.05 Å². The first kappa shape index (κ1) is 14.5. The van der Waals surface area contributed by atoms with Crippen LogP contribution < -0.4 is 0 Å². The van der Waals surface area contributed by atoms with Gasteiger partial charge in [0.2, 0.25) is 0 Å². The van der Waals surface area contributed by atoms with E-state index < -0.39 is 5.97 Å². The molecule has 0 radical (unpaired) electrons. The lowest BCUT2D eigenvalue weighted by atomic mass is 9.93. The highest BCUT2D eigenvalue weighted by molar-refractivity contribution is 5.67. The monoisotopic (exact) mass is 242 g/mol. The predicted molar refractivity (Wildman–Crippen MR) is 69.2 cm³/mol. The summed E-state index contributed by atoms with van der Waals surface area (Å²) in [5.41, 5.74) is 0.0434. The molecule has 1 aliphatic rings. The minimum Gasteiger partial charge on any atom is -0.481 e. The van der Waals surface area contributed by atoms with Gasteiger partial charge < -0.3 is 5.11 Å². The number of hydrogen-bond acceptors (Lipinski definition) is 3. The smallest absolute Gasteiger partial charge is 0.304 e. The van der Waals surface area contributed by atoms with Gasteiger partial charge in [-0.3, -0.25) is 14.6 Å². The molecule has 0 spiro atoms. The van der Waals surface area contributed by atoms with Gasteiger partial charge in [-0.25, -0.2) is 0 Å². The molecule has 4 heteroatoms. The van der Waals surface area contributed by atoms with E-state index in [9.17, 15) is 4.79 Å². The Balaban J connectivity index is 2.79. The molecule has 0 aliphatic carbocycles. The molecule has 0 aromatic rings. The van der Waals surface area contributed by atoms with Gasteiger partial charge in [-0.05, 0) is 34.2 Å². The molecule has 1 heterocycles. The summed E-state index contributed by atoms with van der Waals surface area (Å²) in [5.74, 6) is -0.705. The molecule has 0 aromatic heterocycles. The predicted octanol–water partition coefficient (Wildman–Crippen LogP) is 1.65. The summed E-state index contributed by atoms with van der Waals surface area (Å²) in [4.78, 5) is 15.6. The molecule has 100 valence electrons. The highest BCUT2D eigenvalue weighted by Crippen LogP contribution is 2.26. The zero-order chi connectivity index (χ0) is 13.2. The number of carboxylic acids is 1. The van der Waals surface area contributed by atoms with Gasteiger partial charge in [-0.1, -0.05) is 6.92 Å². The van der Waals surface area contributed by atoms with Gasteiger partial charge in [0.25, 0.3) is 0 Å². The van der Waals surface area contributed by atoms with Crippen molar-refractivity contribution in [2.24, 2.45) is 0 Å². The first-order chi connectivity index (χ1) is 7.77. The second-order valence-corrected chi connectivity index (χ2v) is 5.86. The second kappa shape index (κ2) is 5.36. The van der Waals surface area contributed by atoms with E-state index in [4.69, 9.17) is 5.11 Å². The molecule has 17 heavy (non-hydrogen) atoms. The standard InChI is InChI=1S/C13H26N2O2/c1-6-10(2)15-8-11(7-12(16)17)14(5)13(3,4)9-15/h10-11H,6-9H2,1-5H3,(H,16,17). The lowest BCUT2D eigenvalue weighted by Crippen LogP contribution is -2.64. The molecule has 1 N–H and O–H groups in total. The maximum atomic E-state index is 10.9. The van der Waals surface area contributed by atoms with Crippen LogP contribution in [0.3, 0.4) is 0 Å². The van der Waals surface area contributed by atoms with Crippen LogP contribution in [-0.2, 0) is 4.79 Å². The van der Waals surface area contributed by atoms with Gasteiger partial charge in [0.05, 0.1) is 6.42 Å². The lowest BCUT2D eigenvalue weighted by molar-refractivity contribution is -0.140. The third kappa shape index (κ3) is 3.42. The van der Waals surface area contributed by atoms with Crippen LogP contribution in [0, 0.1) is 0 Å². The van der Waals surface area contributed by atoms with Crippen LogP contribution in [0.5, 0.6) is 0 Å². The van der Waals surface area contributed by atoms with Crippen molar-refractivity contribution in [3.8, 4) is 0 Å². The summed E-state index contributed by atoms with van der Waals surface area (Å²) in [6.07, 6.45) is 1.34. The Morgan fingerprint density at radius 2 is 2.12 bits per heavy atom. The van der Waals surface area contributed by atoms with E-state index in [1.54, 1.807) is 0 Å². The van der Waals surface area contributed by atoms with Crippen molar-refractivity contribution in [1.82, 2.24) is 9.80 Å². The van der Waals surface area contributed by atoms with E-state index in [0.717, 1.165) is 19.5 Å². The third-order valence-electron chi connectivity index (χ3n) is 4.16. The molecule has 1 saturated heterocycles. The van der Waals surface area contributed by atoms with Crippen molar-refractivity contribution >= 4 is 5.97 Å². The highest BCUT2D eigenvalue weighted by Gasteiger charge is 2.39. The fraction of sp³-hybridized carbons (Fsp3) is 0.923. The molecule has 2 atom stereocenters. The number of likely N-dealkylation sites (N-methyl/N-ethyl adjacent to an activating group) is 1. The number of nitrogens with zero attached hydrogens (tertiary/aromatic N) is 2. The summed E-state index contributed by atoms with van der Waals surface area (Å²) < 4.78 is 0. The minimum absolute atomic E-state index is 0.0434. The fourth-order valence-electron chi connectivity index (χ4n) is 2.56. The van der Waals surface area contributed by atoms with Crippen LogP contribution in [0.25, 0.3) is 0 Å². The first-order valence-corrected chi connectivity index (χ1v) is 6.46. The van der Waals surface area contributed by atoms with Crippen molar-refractivity contribution in [3.63, 3.8) is 0 Å². The van der Waals surface area contributed by atoms with Crippen LogP contribution in [0.4, 0.5) is 0 Å². The number of hydrogen-bond donors (Lipinski definition) is 1. The Kier molecular flexibility index (Phi) is 4.55. The van der Waals surface area contributed by atoms with Crippen molar-refractivity contribution in [2.75, 3.05) is 20.1 Å². The molecular formula is C13H26N2O2. The zero-order valence-corrected chi connectivity index (χ0v) is 11.7. The number of aliphatic carboxylic acids is 1. The number of carboxylic acid groups (broad SMARTS) is 1. The van der Waals surface area contributed by atoms with Crippen molar-refractivity contribution in [2.45, 2.75) is 58.2 Å². The summed E-state index contributed by atoms with van der Waals surface area (Å²) in [6.45, 7) is 10.7. The average molecular weight is 242 g/mol. The maximum absolute atomic E-state index is 10.9. The molecule has 1 fully saturated rings. The van der Waals surface area contributed by atoms with Crippen molar-refractivity contribution < 1.29 is 9.90 Å². The van der Waals surface area contributed by atoms with Crippen molar-refractivity contribution in [3.05, 3.63) is 0 Å². The Hall–Kier alpha value is -0.610. The van der Waals surface area contributed by atoms with E-state index >= 15 is 0 Å². The van der Waals surface area contributed by atoms with E-state index in [1.165, 1.54) is 0 Å². The Labute approximate surface area is 105 Å². The van der Waals surface area contributed by atoms with Gasteiger partial charge in [-0.15, -0.1) is 0 Å². The van der Waals surface area contributed by atoms with E-state index in [0.29, 0.717) is 6.04 Å². The van der Waals surface area contributed by atoms with Gasteiger partial charge in [0.1, 0.15) is 0 Å². The molecule has 0 saturated carbocycles. The fourth-order valence-corrected chi connectivity index (χ4v) is 2.56. The molecule has 1 aliphatic heterocycles. The Morgan fingerprint density at radius 3 is 2.59 bits per heavy atom. The topological polar surface area (TPSA) is 43.8 Å². The lowest BCUT2D eigenvalue weighted by Gasteiger charge is -2.51. The van der Waals surface area contributed by atoms with Gasteiger partial charge in [0.15, 0.2) is 0 Å². The van der Waals surface area contributed by atoms with E-state index in [2.05, 4.69) is 37.5 Å². The number of carbonyl (C=O) groups is 1. The molecule has 2 unspecified atom stereocenters. The van der Waals surface area contributed by atoms with Crippen LogP contribution in [0.2, 0.25) is 0 Å². The van der Waals surface area contributed by atoms with Crippen LogP contribution >= 0.6 is 0 Å². The molecule has 1 rings (SSSR count). The largest absolute Gasteiger partial charge is 0.481 e. The highest BCUT2D eigenvalue weighted by atomic mass is 16.4.